The Morgan fingerprint density at radius 1 is 1.10 bits per heavy atom. The summed E-state index contributed by atoms with van der Waals surface area (Å²) in [6.07, 6.45) is -1.56. The van der Waals surface area contributed by atoms with Crippen LogP contribution in [0.4, 0.5) is 13.2 Å². The molecule has 150 valence electrons. The molecule has 0 spiro atoms. The minimum atomic E-state index is -4.49. The molecule has 0 saturated carbocycles. The quantitative estimate of drug-likeness (QED) is 0.496. The Hall–Kier alpha value is -2.93. The second-order valence-electron chi connectivity index (χ2n) is 6.39. The standard InChI is InChI=1S/C21H16ClF3N2O2/c1-13-8-16(6-7-26-13)19(28)10-14-9-18(15-2-4-17(22)5-3-15)20(27-11-14)29-12-21(23,24)25/h2-9,11H,10,12H2,1H3. The summed E-state index contributed by atoms with van der Waals surface area (Å²) in [5, 5.41) is 0.485. The predicted octanol–water partition coefficient (Wildman–Crippen LogP) is 5.47. The predicted molar refractivity (Wildman–Crippen MR) is 103 cm³/mol. The normalized spacial score (nSPS) is 11.3. The van der Waals surface area contributed by atoms with Crippen LogP contribution >= 0.6 is 11.6 Å². The van der Waals surface area contributed by atoms with Crippen molar-refractivity contribution in [1.82, 2.24) is 9.97 Å². The minimum Gasteiger partial charge on any atom is -0.468 e. The average Bonchev–Trinajstić information content (AvgIpc) is 2.67. The number of pyridine rings is 2. The van der Waals surface area contributed by atoms with Crippen molar-refractivity contribution in [3.8, 4) is 17.0 Å². The fourth-order valence-electron chi connectivity index (χ4n) is 2.70. The molecule has 0 aliphatic heterocycles. The SMILES string of the molecule is Cc1cc(C(=O)Cc2cnc(OCC(F)(F)F)c(-c3ccc(Cl)cc3)c2)ccn1. The van der Waals surface area contributed by atoms with Crippen LogP contribution in [0.1, 0.15) is 21.6 Å². The van der Waals surface area contributed by atoms with Crippen molar-refractivity contribution in [1.29, 1.82) is 0 Å². The number of carbonyl (C=O) groups is 1. The molecular formula is C21H16ClF3N2O2. The summed E-state index contributed by atoms with van der Waals surface area (Å²) in [6.45, 7) is 0.318. The van der Waals surface area contributed by atoms with E-state index < -0.39 is 12.8 Å². The molecule has 0 aliphatic rings. The summed E-state index contributed by atoms with van der Waals surface area (Å²) < 4.78 is 42.6. The molecule has 0 bridgehead atoms. The van der Waals surface area contributed by atoms with E-state index in [2.05, 4.69) is 9.97 Å². The molecule has 8 heteroatoms. The van der Waals surface area contributed by atoms with Gasteiger partial charge in [-0.1, -0.05) is 23.7 Å². The van der Waals surface area contributed by atoms with Gasteiger partial charge in [0, 0.05) is 40.7 Å². The molecule has 0 aliphatic carbocycles. The van der Waals surface area contributed by atoms with Gasteiger partial charge in [-0.2, -0.15) is 13.2 Å². The van der Waals surface area contributed by atoms with Gasteiger partial charge in [-0.3, -0.25) is 9.78 Å². The molecule has 0 radical (unpaired) electrons. The first-order valence-corrected chi connectivity index (χ1v) is 8.99. The van der Waals surface area contributed by atoms with Gasteiger partial charge in [0.1, 0.15) is 0 Å². The highest BCUT2D eigenvalue weighted by Crippen LogP contribution is 2.31. The third-order valence-corrected chi connectivity index (χ3v) is 4.27. The molecular weight excluding hydrogens is 405 g/mol. The first kappa shape index (κ1) is 20.8. The molecule has 0 atom stereocenters. The Morgan fingerprint density at radius 3 is 2.48 bits per heavy atom. The number of alkyl halides is 3. The minimum absolute atomic E-state index is 0.0383. The van der Waals surface area contributed by atoms with Crippen molar-refractivity contribution in [2.24, 2.45) is 0 Å². The zero-order chi connectivity index (χ0) is 21.0. The first-order chi connectivity index (χ1) is 13.7. The molecule has 1 aromatic carbocycles. The molecule has 2 aromatic heterocycles. The van der Waals surface area contributed by atoms with Crippen LogP contribution in [-0.4, -0.2) is 28.5 Å². The van der Waals surface area contributed by atoms with E-state index in [0.717, 1.165) is 0 Å². The fourth-order valence-corrected chi connectivity index (χ4v) is 2.83. The van der Waals surface area contributed by atoms with Crippen LogP contribution in [0.15, 0.2) is 54.9 Å². The van der Waals surface area contributed by atoms with Crippen LogP contribution in [0.25, 0.3) is 11.1 Å². The van der Waals surface area contributed by atoms with Crippen molar-refractivity contribution in [2.45, 2.75) is 19.5 Å². The maximum Gasteiger partial charge on any atom is 0.422 e. The lowest BCUT2D eigenvalue weighted by molar-refractivity contribution is -0.154. The van der Waals surface area contributed by atoms with Crippen molar-refractivity contribution < 1.29 is 22.7 Å². The zero-order valence-electron chi connectivity index (χ0n) is 15.3. The lowest BCUT2D eigenvalue weighted by atomic mass is 10.0. The highest BCUT2D eigenvalue weighted by molar-refractivity contribution is 6.30. The highest BCUT2D eigenvalue weighted by atomic mass is 35.5. The van der Waals surface area contributed by atoms with Gasteiger partial charge >= 0.3 is 6.18 Å². The van der Waals surface area contributed by atoms with Crippen LogP contribution in [0.5, 0.6) is 5.88 Å². The number of aryl methyl sites for hydroxylation is 1. The summed E-state index contributed by atoms with van der Waals surface area (Å²) in [5.41, 5.74) is 2.69. The Balaban J connectivity index is 1.92. The van der Waals surface area contributed by atoms with Gasteiger partial charge in [-0.15, -0.1) is 0 Å². The molecule has 0 unspecified atom stereocenters. The summed E-state index contributed by atoms with van der Waals surface area (Å²) in [4.78, 5) is 20.6. The number of benzene rings is 1. The van der Waals surface area contributed by atoms with Crippen molar-refractivity contribution in [2.75, 3.05) is 6.61 Å². The summed E-state index contributed by atoms with van der Waals surface area (Å²) in [6, 6.07) is 11.4. The van der Waals surface area contributed by atoms with Crippen molar-refractivity contribution in [3.05, 3.63) is 76.7 Å². The van der Waals surface area contributed by atoms with E-state index in [0.29, 0.717) is 33.0 Å². The number of carbonyl (C=O) groups excluding carboxylic acids is 1. The van der Waals surface area contributed by atoms with Gasteiger partial charge in [-0.05, 0) is 48.4 Å². The van der Waals surface area contributed by atoms with Crippen molar-refractivity contribution in [3.63, 3.8) is 0 Å². The number of aromatic nitrogens is 2. The van der Waals surface area contributed by atoms with Crippen LogP contribution < -0.4 is 4.74 Å². The monoisotopic (exact) mass is 420 g/mol. The van der Waals surface area contributed by atoms with E-state index in [4.69, 9.17) is 16.3 Å². The maximum absolute atomic E-state index is 12.6. The molecule has 3 rings (SSSR count). The number of ether oxygens (including phenoxy) is 1. The molecule has 0 N–H and O–H groups in total. The van der Waals surface area contributed by atoms with E-state index in [9.17, 15) is 18.0 Å². The molecule has 0 saturated heterocycles. The van der Waals surface area contributed by atoms with Crippen LogP contribution in [0.2, 0.25) is 5.02 Å². The van der Waals surface area contributed by atoms with Crippen molar-refractivity contribution >= 4 is 17.4 Å². The van der Waals surface area contributed by atoms with Gasteiger partial charge in [0.25, 0.3) is 0 Å². The number of halogens is 4. The van der Waals surface area contributed by atoms with E-state index in [1.807, 2.05) is 0 Å². The third-order valence-electron chi connectivity index (χ3n) is 4.02. The molecule has 0 fully saturated rings. The van der Waals surface area contributed by atoms with Gasteiger partial charge in [0.15, 0.2) is 12.4 Å². The second kappa shape index (κ2) is 8.61. The number of nitrogens with zero attached hydrogens (tertiary/aromatic N) is 2. The second-order valence-corrected chi connectivity index (χ2v) is 6.83. The lowest BCUT2D eigenvalue weighted by Crippen LogP contribution is -2.20. The van der Waals surface area contributed by atoms with Gasteiger partial charge < -0.3 is 4.74 Å². The smallest absolute Gasteiger partial charge is 0.422 e. The maximum atomic E-state index is 12.6. The number of rotatable bonds is 6. The van der Waals surface area contributed by atoms with Gasteiger partial charge in [-0.25, -0.2) is 4.98 Å². The molecule has 29 heavy (non-hydrogen) atoms. The van der Waals surface area contributed by atoms with E-state index in [1.54, 1.807) is 55.6 Å². The number of hydrogen-bond donors (Lipinski definition) is 0. The zero-order valence-corrected chi connectivity index (χ0v) is 16.1. The largest absolute Gasteiger partial charge is 0.468 e. The van der Waals surface area contributed by atoms with Gasteiger partial charge in [0.05, 0.1) is 0 Å². The molecule has 3 aromatic rings. The number of hydrogen-bond acceptors (Lipinski definition) is 4. The molecule has 4 nitrogen and oxygen atoms in total. The Kier molecular flexibility index (Phi) is 6.17. The average molecular weight is 421 g/mol. The third kappa shape index (κ3) is 5.77. The Morgan fingerprint density at radius 2 is 1.83 bits per heavy atom. The van der Waals surface area contributed by atoms with Crippen LogP contribution in [-0.2, 0) is 6.42 Å². The Bertz CT molecular complexity index is 1020. The summed E-state index contributed by atoms with van der Waals surface area (Å²) >= 11 is 5.90. The molecule has 0 amide bonds. The lowest BCUT2D eigenvalue weighted by Gasteiger charge is -2.14. The topological polar surface area (TPSA) is 52.1 Å². The Labute approximate surface area is 170 Å². The number of ketones is 1. The van der Waals surface area contributed by atoms with Crippen LogP contribution in [0, 0.1) is 6.92 Å². The number of Topliss-reactive ketones (excluding diaryl/α,β-unsaturated/α-hetero) is 1. The van der Waals surface area contributed by atoms with Crippen LogP contribution in [0.3, 0.4) is 0 Å². The molecule has 2 heterocycles. The van der Waals surface area contributed by atoms with E-state index in [1.165, 1.54) is 6.20 Å². The highest BCUT2D eigenvalue weighted by Gasteiger charge is 2.29. The summed E-state index contributed by atoms with van der Waals surface area (Å²) in [7, 11) is 0. The van der Waals surface area contributed by atoms with E-state index in [-0.39, 0.29) is 18.1 Å². The van der Waals surface area contributed by atoms with E-state index >= 15 is 0 Å². The van der Waals surface area contributed by atoms with Gasteiger partial charge in [0.2, 0.25) is 5.88 Å². The summed E-state index contributed by atoms with van der Waals surface area (Å²) in [5.74, 6) is -0.316. The first-order valence-electron chi connectivity index (χ1n) is 8.61. The fraction of sp³-hybridized carbons (Fsp3) is 0.190.